The van der Waals surface area contributed by atoms with Gasteiger partial charge in [0.05, 0.1) is 7.11 Å². The van der Waals surface area contributed by atoms with Gasteiger partial charge in [-0.05, 0) is 17.7 Å². The lowest BCUT2D eigenvalue weighted by Crippen LogP contribution is -2.23. The first kappa shape index (κ1) is 11.9. The number of ether oxygens (including phenoxy) is 2. The standard InChI is InChI=1S/C12H13NO3/c1-3-10(16-12(13)14)8-9-4-6-11(15-2)7-5-9/h1,4-7,10H,8H2,2H3,(H2,13,14). The molecule has 0 saturated carbocycles. The molecule has 0 fully saturated rings. The van der Waals surface area contributed by atoms with Gasteiger partial charge in [-0.2, -0.15) is 0 Å². The number of nitrogens with two attached hydrogens (primary N) is 1. The van der Waals surface area contributed by atoms with Crippen LogP contribution in [0.1, 0.15) is 5.56 Å². The Labute approximate surface area is 94.3 Å². The molecule has 0 aliphatic heterocycles. The second kappa shape index (κ2) is 5.66. The molecule has 0 bridgehead atoms. The van der Waals surface area contributed by atoms with Crippen LogP contribution in [0.5, 0.6) is 5.75 Å². The van der Waals surface area contributed by atoms with Gasteiger partial charge in [0, 0.05) is 6.42 Å². The zero-order chi connectivity index (χ0) is 12.0. The molecular weight excluding hydrogens is 206 g/mol. The number of rotatable bonds is 4. The summed E-state index contributed by atoms with van der Waals surface area (Å²) >= 11 is 0. The molecule has 4 heteroatoms. The third-order valence-electron chi connectivity index (χ3n) is 2.02. The van der Waals surface area contributed by atoms with E-state index in [1.54, 1.807) is 7.11 Å². The summed E-state index contributed by atoms with van der Waals surface area (Å²) < 4.78 is 9.75. The second-order valence-electron chi connectivity index (χ2n) is 3.14. The SMILES string of the molecule is C#CC(Cc1ccc(OC)cc1)OC(N)=O. The number of terminal acetylenes is 1. The van der Waals surface area contributed by atoms with Crippen molar-refractivity contribution in [2.75, 3.05) is 7.11 Å². The van der Waals surface area contributed by atoms with Crippen LogP contribution in [-0.2, 0) is 11.2 Å². The minimum Gasteiger partial charge on any atom is -0.497 e. The van der Waals surface area contributed by atoms with Crippen molar-refractivity contribution in [2.24, 2.45) is 5.73 Å². The van der Waals surface area contributed by atoms with Crippen molar-refractivity contribution in [3.05, 3.63) is 29.8 Å². The average Bonchev–Trinajstić information content (AvgIpc) is 2.28. The molecule has 0 heterocycles. The molecule has 1 atom stereocenters. The molecule has 1 unspecified atom stereocenters. The van der Waals surface area contributed by atoms with Crippen molar-refractivity contribution >= 4 is 6.09 Å². The fourth-order valence-corrected chi connectivity index (χ4v) is 1.25. The van der Waals surface area contributed by atoms with Crippen molar-refractivity contribution in [1.29, 1.82) is 0 Å². The molecule has 1 aromatic carbocycles. The van der Waals surface area contributed by atoms with E-state index in [2.05, 4.69) is 5.92 Å². The molecule has 0 aromatic heterocycles. The maximum absolute atomic E-state index is 10.5. The molecular formula is C12H13NO3. The van der Waals surface area contributed by atoms with E-state index in [0.29, 0.717) is 6.42 Å². The van der Waals surface area contributed by atoms with Gasteiger partial charge in [-0.25, -0.2) is 4.79 Å². The highest BCUT2D eigenvalue weighted by Crippen LogP contribution is 2.13. The number of carbonyl (C=O) groups is 1. The summed E-state index contributed by atoms with van der Waals surface area (Å²) in [7, 11) is 1.59. The van der Waals surface area contributed by atoms with E-state index < -0.39 is 12.2 Å². The molecule has 2 N–H and O–H groups in total. The van der Waals surface area contributed by atoms with Crippen molar-refractivity contribution in [3.63, 3.8) is 0 Å². The zero-order valence-electron chi connectivity index (χ0n) is 8.97. The van der Waals surface area contributed by atoms with E-state index in [4.69, 9.17) is 21.6 Å². The van der Waals surface area contributed by atoms with E-state index >= 15 is 0 Å². The van der Waals surface area contributed by atoms with Crippen LogP contribution in [-0.4, -0.2) is 19.3 Å². The Morgan fingerprint density at radius 1 is 1.50 bits per heavy atom. The van der Waals surface area contributed by atoms with Gasteiger partial charge in [-0.15, -0.1) is 6.42 Å². The van der Waals surface area contributed by atoms with Gasteiger partial charge in [0.15, 0.2) is 6.10 Å². The molecule has 16 heavy (non-hydrogen) atoms. The second-order valence-corrected chi connectivity index (χ2v) is 3.14. The molecule has 1 rings (SSSR count). The number of hydrogen-bond acceptors (Lipinski definition) is 3. The van der Waals surface area contributed by atoms with E-state index in [1.165, 1.54) is 0 Å². The molecule has 0 aliphatic rings. The van der Waals surface area contributed by atoms with Crippen LogP contribution in [0.4, 0.5) is 4.79 Å². The Hall–Kier alpha value is -2.15. The summed E-state index contributed by atoms with van der Waals surface area (Å²) in [6, 6.07) is 7.33. The van der Waals surface area contributed by atoms with Crippen LogP contribution in [0.3, 0.4) is 0 Å². The average molecular weight is 219 g/mol. The highest BCUT2D eigenvalue weighted by molar-refractivity contribution is 5.65. The molecule has 0 saturated heterocycles. The fraction of sp³-hybridized carbons (Fsp3) is 0.250. The Morgan fingerprint density at radius 3 is 2.56 bits per heavy atom. The van der Waals surface area contributed by atoms with Gasteiger partial charge in [0.2, 0.25) is 0 Å². The molecule has 84 valence electrons. The predicted octanol–water partition coefficient (Wildman–Crippen LogP) is 1.33. The Kier molecular flexibility index (Phi) is 4.22. The lowest BCUT2D eigenvalue weighted by Gasteiger charge is -2.10. The van der Waals surface area contributed by atoms with Crippen LogP contribution in [0.15, 0.2) is 24.3 Å². The van der Waals surface area contributed by atoms with Crippen molar-refractivity contribution in [3.8, 4) is 18.1 Å². The van der Waals surface area contributed by atoms with Crippen LogP contribution in [0.2, 0.25) is 0 Å². The lowest BCUT2D eigenvalue weighted by molar-refractivity contribution is 0.133. The van der Waals surface area contributed by atoms with Crippen LogP contribution >= 0.6 is 0 Å². The Bertz CT molecular complexity index is 392. The number of amides is 1. The molecule has 0 spiro atoms. The van der Waals surface area contributed by atoms with E-state index in [9.17, 15) is 4.79 Å². The number of hydrogen-bond donors (Lipinski definition) is 1. The van der Waals surface area contributed by atoms with Crippen LogP contribution in [0, 0.1) is 12.3 Å². The summed E-state index contributed by atoms with van der Waals surface area (Å²) in [4.78, 5) is 10.5. The highest BCUT2D eigenvalue weighted by Gasteiger charge is 2.09. The molecule has 1 amide bonds. The molecule has 4 nitrogen and oxygen atoms in total. The van der Waals surface area contributed by atoms with E-state index in [0.717, 1.165) is 11.3 Å². The molecule has 0 radical (unpaired) electrons. The summed E-state index contributed by atoms with van der Waals surface area (Å²) in [5, 5.41) is 0. The number of benzene rings is 1. The zero-order valence-corrected chi connectivity index (χ0v) is 8.97. The minimum atomic E-state index is -0.864. The number of primary amides is 1. The normalized spacial score (nSPS) is 11.2. The fourth-order valence-electron chi connectivity index (χ4n) is 1.25. The van der Waals surface area contributed by atoms with Gasteiger partial charge in [0.1, 0.15) is 5.75 Å². The first-order valence-corrected chi connectivity index (χ1v) is 4.71. The van der Waals surface area contributed by atoms with Crippen molar-refractivity contribution < 1.29 is 14.3 Å². The molecule has 0 aliphatic carbocycles. The number of methoxy groups -OCH3 is 1. The van der Waals surface area contributed by atoms with E-state index in [-0.39, 0.29) is 0 Å². The Morgan fingerprint density at radius 2 is 2.12 bits per heavy atom. The summed E-state index contributed by atoms with van der Waals surface area (Å²) in [6.07, 6.45) is 4.15. The first-order valence-electron chi connectivity index (χ1n) is 4.71. The largest absolute Gasteiger partial charge is 0.497 e. The first-order chi connectivity index (χ1) is 7.65. The maximum Gasteiger partial charge on any atom is 0.405 e. The Balaban J connectivity index is 2.64. The minimum absolute atomic E-state index is 0.434. The molecule has 1 aromatic rings. The highest BCUT2D eigenvalue weighted by atomic mass is 16.6. The predicted molar refractivity (Wildman–Crippen MR) is 60.0 cm³/mol. The number of carbonyl (C=O) groups excluding carboxylic acids is 1. The third kappa shape index (κ3) is 3.54. The van der Waals surface area contributed by atoms with Crippen LogP contribution < -0.4 is 10.5 Å². The van der Waals surface area contributed by atoms with Gasteiger partial charge in [-0.3, -0.25) is 0 Å². The third-order valence-corrected chi connectivity index (χ3v) is 2.02. The summed E-state index contributed by atoms with van der Waals surface area (Å²) in [6.45, 7) is 0. The van der Waals surface area contributed by atoms with Crippen LogP contribution in [0.25, 0.3) is 0 Å². The van der Waals surface area contributed by atoms with Gasteiger partial charge >= 0.3 is 6.09 Å². The van der Waals surface area contributed by atoms with E-state index in [1.807, 2.05) is 24.3 Å². The van der Waals surface area contributed by atoms with Crippen molar-refractivity contribution in [2.45, 2.75) is 12.5 Å². The summed E-state index contributed by atoms with van der Waals surface area (Å²) in [5.41, 5.74) is 5.84. The lowest BCUT2D eigenvalue weighted by atomic mass is 10.1. The summed E-state index contributed by atoms with van der Waals surface area (Å²) in [5.74, 6) is 3.12. The van der Waals surface area contributed by atoms with Gasteiger partial charge in [-0.1, -0.05) is 18.1 Å². The van der Waals surface area contributed by atoms with Crippen molar-refractivity contribution in [1.82, 2.24) is 0 Å². The monoisotopic (exact) mass is 219 g/mol. The topological polar surface area (TPSA) is 61.6 Å². The smallest absolute Gasteiger partial charge is 0.405 e. The maximum atomic E-state index is 10.5. The van der Waals surface area contributed by atoms with Gasteiger partial charge in [0.25, 0.3) is 0 Å². The quantitative estimate of drug-likeness (QED) is 0.777. The van der Waals surface area contributed by atoms with Gasteiger partial charge < -0.3 is 15.2 Å².